The van der Waals surface area contributed by atoms with Crippen LogP contribution in [0.15, 0.2) is 48.5 Å². The molecule has 0 unspecified atom stereocenters. The SMILES string of the molecule is CC(=O)c1ccc(N2CCN(C3Cc4ccccc4C3)CC2)cc1. The molecule has 0 amide bonds. The van der Waals surface area contributed by atoms with Crippen molar-refractivity contribution in [1.82, 2.24) is 4.90 Å². The lowest BCUT2D eigenvalue weighted by atomic mass is 10.1. The highest BCUT2D eigenvalue weighted by Gasteiger charge is 2.29. The molecule has 0 radical (unpaired) electrons. The number of nitrogens with zero attached hydrogens (tertiary/aromatic N) is 2. The molecular weight excluding hydrogens is 296 g/mol. The molecule has 2 aromatic carbocycles. The fourth-order valence-electron chi connectivity index (χ4n) is 4.05. The van der Waals surface area contributed by atoms with Crippen LogP contribution in [0.1, 0.15) is 28.4 Å². The fourth-order valence-corrected chi connectivity index (χ4v) is 4.05. The Morgan fingerprint density at radius 1 is 0.875 bits per heavy atom. The van der Waals surface area contributed by atoms with Crippen molar-refractivity contribution < 1.29 is 4.79 Å². The van der Waals surface area contributed by atoms with Crippen LogP contribution in [0, 0.1) is 0 Å². The maximum Gasteiger partial charge on any atom is 0.159 e. The van der Waals surface area contributed by atoms with Gasteiger partial charge in [-0.15, -0.1) is 0 Å². The summed E-state index contributed by atoms with van der Waals surface area (Å²) < 4.78 is 0. The molecule has 24 heavy (non-hydrogen) atoms. The highest BCUT2D eigenvalue weighted by molar-refractivity contribution is 5.94. The van der Waals surface area contributed by atoms with Crippen LogP contribution in [-0.4, -0.2) is 42.9 Å². The van der Waals surface area contributed by atoms with Crippen molar-refractivity contribution in [2.45, 2.75) is 25.8 Å². The van der Waals surface area contributed by atoms with Gasteiger partial charge >= 0.3 is 0 Å². The van der Waals surface area contributed by atoms with Gasteiger partial charge in [0, 0.05) is 43.5 Å². The zero-order chi connectivity index (χ0) is 16.5. The summed E-state index contributed by atoms with van der Waals surface area (Å²) in [4.78, 5) is 16.5. The summed E-state index contributed by atoms with van der Waals surface area (Å²) in [5, 5.41) is 0. The highest BCUT2D eigenvalue weighted by Crippen LogP contribution is 2.27. The zero-order valence-corrected chi connectivity index (χ0v) is 14.2. The molecule has 2 aliphatic rings. The van der Waals surface area contributed by atoms with E-state index in [1.54, 1.807) is 6.92 Å². The lowest BCUT2D eigenvalue weighted by molar-refractivity contribution is 0.101. The minimum atomic E-state index is 0.132. The smallest absolute Gasteiger partial charge is 0.159 e. The maximum atomic E-state index is 11.4. The molecule has 1 fully saturated rings. The summed E-state index contributed by atoms with van der Waals surface area (Å²) in [5.41, 5.74) is 5.09. The molecule has 4 rings (SSSR count). The number of benzene rings is 2. The van der Waals surface area contributed by atoms with Crippen LogP contribution in [0.2, 0.25) is 0 Å². The fraction of sp³-hybridized carbons (Fsp3) is 0.381. The first-order chi connectivity index (χ1) is 11.7. The van der Waals surface area contributed by atoms with Gasteiger partial charge in [0.1, 0.15) is 0 Å². The van der Waals surface area contributed by atoms with Crippen molar-refractivity contribution in [1.29, 1.82) is 0 Å². The molecule has 0 N–H and O–H groups in total. The molecule has 0 bridgehead atoms. The number of piperazine rings is 1. The Morgan fingerprint density at radius 3 is 2.00 bits per heavy atom. The standard InChI is InChI=1S/C21H24N2O/c1-16(24)17-6-8-20(9-7-17)22-10-12-23(13-11-22)21-14-18-4-2-3-5-19(18)15-21/h2-9,21H,10-15H2,1H3. The van der Waals surface area contributed by atoms with E-state index >= 15 is 0 Å². The minimum Gasteiger partial charge on any atom is -0.369 e. The van der Waals surface area contributed by atoms with E-state index in [-0.39, 0.29) is 5.78 Å². The molecule has 0 spiro atoms. The normalized spacial score (nSPS) is 18.6. The van der Waals surface area contributed by atoms with E-state index in [0.29, 0.717) is 6.04 Å². The van der Waals surface area contributed by atoms with Crippen LogP contribution < -0.4 is 4.90 Å². The van der Waals surface area contributed by atoms with Gasteiger partial charge in [0.25, 0.3) is 0 Å². The number of Topliss-reactive ketones (excluding diaryl/α,β-unsaturated/α-hetero) is 1. The van der Waals surface area contributed by atoms with Crippen molar-refractivity contribution in [3.63, 3.8) is 0 Å². The summed E-state index contributed by atoms with van der Waals surface area (Å²) in [6, 6.07) is 17.6. The van der Waals surface area contributed by atoms with E-state index in [1.807, 2.05) is 12.1 Å². The van der Waals surface area contributed by atoms with E-state index in [4.69, 9.17) is 0 Å². The summed E-state index contributed by atoms with van der Waals surface area (Å²) in [7, 11) is 0. The zero-order valence-electron chi connectivity index (χ0n) is 14.2. The third kappa shape index (κ3) is 2.96. The van der Waals surface area contributed by atoms with E-state index in [2.05, 4.69) is 46.2 Å². The van der Waals surface area contributed by atoms with Crippen molar-refractivity contribution in [3.8, 4) is 0 Å². The van der Waals surface area contributed by atoms with Crippen LogP contribution in [0.25, 0.3) is 0 Å². The number of carbonyl (C=O) groups excluding carboxylic acids is 1. The van der Waals surface area contributed by atoms with Gasteiger partial charge in [0.2, 0.25) is 0 Å². The molecule has 1 saturated heterocycles. The Bertz CT molecular complexity index is 705. The van der Waals surface area contributed by atoms with Gasteiger partial charge in [-0.05, 0) is 55.2 Å². The lowest BCUT2D eigenvalue weighted by Crippen LogP contribution is -2.50. The van der Waals surface area contributed by atoms with Gasteiger partial charge < -0.3 is 4.90 Å². The Hall–Kier alpha value is -2.13. The van der Waals surface area contributed by atoms with Gasteiger partial charge in [0.15, 0.2) is 5.78 Å². The molecule has 1 aliphatic heterocycles. The lowest BCUT2D eigenvalue weighted by Gasteiger charge is -2.39. The Kier molecular flexibility index (Phi) is 4.11. The predicted octanol–water partition coefficient (Wildman–Crippen LogP) is 3.18. The third-order valence-electron chi connectivity index (χ3n) is 5.50. The average Bonchev–Trinajstić information content (AvgIpc) is 3.06. The third-order valence-corrected chi connectivity index (χ3v) is 5.50. The Balaban J connectivity index is 1.36. The molecule has 3 nitrogen and oxygen atoms in total. The first-order valence-corrected chi connectivity index (χ1v) is 8.87. The van der Waals surface area contributed by atoms with Crippen molar-refractivity contribution in [2.24, 2.45) is 0 Å². The number of fused-ring (bicyclic) bond motifs is 1. The summed E-state index contributed by atoms with van der Waals surface area (Å²) >= 11 is 0. The number of rotatable bonds is 3. The van der Waals surface area contributed by atoms with Gasteiger partial charge in [-0.2, -0.15) is 0 Å². The molecule has 1 aliphatic carbocycles. The molecule has 0 saturated carbocycles. The average molecular weight is 320 g/mol. The largest absolute Gasteiger partial charge is 0.369 e. The van der Waals surface area contributed by atoms with Crippen LogP contribution in [-0.2, 0) is 12.8 Å². The van der Waals surface area contributed by atoms with E-state index in [9.17, 15) is 4.79 Å². The van der Waals surface area contributed by atoms with Crippen LogP contribution in [0.5, 0.6) is 0 Å². The van der Waals surface area contributed by atoms with Crippen molar-refractivity contribution in [2.75, 3.05) is 31.1 Å². The molecular formula is C21H24N2O. The van der Waals surface area contributed by atoms with Gasteiger partial charge in [0.05, 0.1) is 0 Å². The molecule has 124 valence electrons. The number of carbonyl (C=O) groups is 1. The molecule has 2 aromatic rings. The van der Waals surface area contributed by atoms with Gasteiger partial charge in [-0.1, -0.05) is 24.3 Å². The first kappa shape index (κ1) is 15.4. The Morgan fingerprint density at radius 2 is 1.46 bits per heavy atom. The number of ketones is 1. The number of hydrogen-bond acceptors (Lipinski definition) is 3. The van der Waals surface area contributed by atoms with Crippen LogP contribution >= 0.6 is 0 Å². The summed E-state index contributed by atoms with van der Waals surface area (Å²) in [5.74, 6) is 0.132. The van der Waals surface area contributed by atoms with E-state index < -0.39 is 0 Å². The molecule has 0 aromatic heterocycles. The molecule has 1 heterocycles. The highest BCUT2D eigenvalue weighted by atomic mass is 16.1. The van der Waals surface area contributed by atoms with Crippen LogP contribution in [0.4, 0.5) is 5.69 Å². The summed E-state index contributed by atoms with van der Waals surface area (Å²) in [6.45, 7) is 5.98. The van der Waals surface area contributed by atoms with E-state index in [0.717, 1.165) is 31.7 Å². The first-order valence-electron chi connectivity index (χ1n) is 8.87. The monoisotopic (exact) mass is 320 g/mol. The van der Waals surface area contributed by atoms with Gasteiger partial charge in [-0.25, -0.2) is 0 Å². The number of anilines is 1. The predicted molar refractivity (Wildman–Crippen MR) is 97.9 cm³/mol. The van der Waals surface area contributed by atoms with Crippen molar-refractivity contribution >= 4 is 11.5 Å². The van der Waals surface area contributed by atoms with Gasteiger partial charge in [-0.3, -0.25) is 9.69 Å². The van der Waals surface area contributed by atoms with E-state index in [1.165, 1.54) is 29.7 Å². The summed E-state index contributed by atoms with van der Waals surface area (Å²) in [6.07, 6.45) is 2.40. The second-order valence-corrected chi connectivity index (χ2v) is 6.96. The Labute approximate surface area is 143 Å². The van der Waals surface area contributed by atoms with Crippen LogP contribution in [0.3, 0.4) is 0 Å². The maximum absolute atomic E-state index is 11.4. The second kappa shape index (κ2) is 6.40. The molecule has 3 heteroatoms. The van der Waals surface area contributed by atoms with Crippen molar-refractivity contribution in [3.05, 3.63) is 65.2 Å². The topological polar surface area (TPSA) is 23.6 Å². The number of hydrogen-bond donors (Lipinski definition) is 0. The second-order valence-electron chi connectivity index (χ2n) is 6.96. The molecule has 0 atom stereocenters. The minimum absolute atomic E-state index is 0.132. The quantitative estimate of drug-likeness (QED) is 0.812.